The first kappa shape index (κ1) is 17.4. The smallest absolute Gasteiger partial charge is 0.146 e. The summed E-state index contributed by atoms with van der Waals surface area (Å²) < 4.78 is 14.0. The molecule has 0 aliphatic heterocycles. The first-order chi connectivity index (χ1) is 10.9. The van der Waals surface area contributed by atoms with Gasteiger partial charge in [-0.1, -0.05) is 26.0 Å². The van der Waals surface area contributed by atoms with Crippen LogP contribution < -0.4 is 10.2 Å². The molecule has 0 unspecified atom stereocenters. The number of anilines is 1. The summed E-state index contributed by atoms with van der Waals surface area (Å²) in [6, 6.07) is 11.7. The van der Waals surface area contributed by atoms with Gasteiger partial charge in [-0.2, -0.15) is 0 Å². The second-order valence-electron chi connectivity index (χ2n) is 6.48. The van der Waals surface area contributed by atoms with Crippen molar-refractivity contribution in [3.05, 3.63) is 47.9 Å². The molecule has 23 heavy (non-hydrogen) atoms. The van der Waals surface area contributed by atoms with Crippen LogP contribution in [-0.2, 0) is 6.54 Å². The van der Waals surface area contributed by atoms with Gasteiger partial charge < -0.3 is 10.2 Å². The largest absolute Gasteiger partial charge is 0.378 e. The lowest BCUT2D eigenvalue weighted by molar-refractivity contribution is 0.418. The fraction of sp³-hybridized carbons (Fsp3) is 0.421. The Kier molecular flexibility index (Phi) is 5.72. The number of halogens is 1. The first-order valence-corrected chi connectivity index (χ1v) is 8.05. The van der Waals surface area contributed by atoms with Gasteiger partial charge in [-0.15, -0.1) is 0 Å². The highest BCUT2D eigenvalue weighted by atomic mass is 19.1. The Bertz CT molecular complexity index is 636. The van der Waals surface area contributed by atoms with E-state index < -0.39 is 0 Å². The van der Waals surface area contributed by atoms with Gasteiger partial charge in [-0.3, -0.25) is 0 Å². The molecule has 1 aromatic carbocycles. The normalized spacial score (nSPS) is 12.5. The molecule has 0 radical (unpaired) electrons. The highest BCUT2D eigenvalue weighted by Gasteiger charge is 2.11. The molecule has 2 aromatic rings. The first-order valence-electron chi connectivity index (χ1n) is 8.05. The van der Waals surface area contributed by atoms with E-state index in [0.29, 0.717) is 24.2 Å². The van der Waals surface area contributed by atoms with E-state index in [-0.39, 0.29) is 5.82 Å². The summed E-state index contributed by atoms with van der Waals surface area (Å²) in [4.78, 5) is 6.54. The number of aromatic nitrogens is 1. The van der Waals surface area contributed by atoms with Crippen LogP contribution in [0.5, 0.6) is 0 Å². The van der Waals surface area contributed by atoms with Gasteiger partial charge in [0.1, 0.15) is 5.82 Å². The van der Waals surface area contributed by atoms with Gasteiger partial charge in [0.25, 0.3) is 0 Å². The molecule has 1 heterocycles. The highest BCUT2D eigenvalue weighted by molar-refractivity contribution is 5.63. The summed E-state index contributed by atoms with van der Waals surface area (Å²) in [5, 5.41) is 3.33. The number of rotatable bonds is 6. The average Bonchev–Trinajstić information content (AvgIpc) is 2.53. The number of benzene rings is 1. The fourth-order valence-electron chi connectivity index (χ4n) is 2.19. The van der Waals surface area contributed by atoms with Crippen LogP contribution in [0.3, 0.4) is 0 Å². The maximum absolute atomic E-state index is 14.0. The third-order valence-corrected chi connectivity index (χ3v) is 4.19. The second-order valence-corrected chi connectivity index (χ2v) is 6.48. The molecule has 0 saturated carbocycles. The zero-order chi connectivity index (χ0) is 17.0. The lowest BCUT2D eigenvalue weighted by Crippen LogP contribution is -2.30. The van der Waals surface area contributed by atoms with Crippen LogP contribution >= 0.6 is 0 Å². The zero-order valence-corrected chi connectivity index (χ0v) is 14.6. The number of nitrogens with one attached hydrogen (secondary N) is 1. The maximum atomic E-state index is 14.0. The second kappa shape index (κ2) is 7.55. The molecular weight excluding hydrogens is 289 g/mol. The number of hydrogen-bond donors (Lipinski definition) is 1. The fourth-order valence-corrected chi connectivity index (χ4v) is 2.19. The van der Waals surface area contributed by atoms with Gasteiger partial charge in [0.15, 0.2) is 0 Å². The van der Waals surface area contributed by atoms with Crippen molar-refractivity contribution < 1.29 is 4.39 Å². The number of hydrogen-bond acceptors (Lipinski definition) is 3. The lowest BCUT2D eigenvalue weighted by Gasteiger charge is -2.17. The van der Waals surface area contributed by atoms with Gasteiger partial charge in [-0.05, 0) is 37.1 Å². The highest BCUT2D eigenvalue weighted by Crippen LogP contribution is 2.22. The predicted molar refractivity (Wildman–Crippen MR) is 95.1 cm³/mol. The SMILES string of the molecule is CC(C)[C@@H](C)NCc1nc(-c2ccc(N(C)C)cc2)ccc1F. The summed E-state index contributed by atoms with van der Waals surface area (Å²) in [5.41, 5.74) is 3.38. The third-order valence-electron chi connectivity index (χ3n) is 4.19. The van der Waals surface area contributed by atoms with Gasteiger partial charge in [0.2, 0.25) is 0 Å². The molecular formula is C19H26FN3. The van der Waals surface area contributed by atoms with Crippen LogP contribution in [0.2, 0.25) is 0 Å². The predicted octanol–water partition coefficient (Wildman–Crippen LogP) is 4.09. The Balaban J connectivity index is 2.19. The van der Waals surface area contributed by atoms with E-state index in [4.69, 9.17) is 0 Å². The molecule has 1 N–H and O–H groups in total. The van der Waals surface area contributed by atoms with E-state index in [1.54, 1.807) is 6.07 Å². The summed E-state index contributed by atoms with van der Waals surface area (Å²) in [6.45, 7) is 6.83. The van der Waals surface area contributed by atoms with Crippen molar-refractivity contribution >= 4 is 5.69 Å². The molecule has 0 fully saturated rings. The van der Waals surface area contributed by atoms with Crippen molar-refractivity contribution in [1.82, 2.24) is 10.3 Å². The van der Waals surface area contributed by atoms with Gasteiger partial charge in [-0.25, -0.2) is 9.37 Å². The van der Waals surface area contributed by atoms with Crippen molar-refractivity contribution in [2.45, 2.75) is 33.4 Å². The Morgan fingerprint density at radius 3 is 2.26 bits per heavy atom. The van der Waals surface area contributed by atoms with E-state index >= 15 is 0 Å². The van der Waals surface area contributed by atoms with Crippen LogP contribution in [0.1, 0.15) is 26.5 Å². The summed E-state index contributed by atoms with van der Waals surface area (Å²) in [5.74, 6) is 0.238. The molecule has 1 aromatic heterocycles. The molecule has 0 amide bonds. The Morgan fingerprint density at radius 1 is 1.04 bits per heavy atom. The van der Waals surface area contributed by atoms with E-state index in [2.05, 4.69) is 31.1 Å². The van der Waals surface area contributed by atoms with Crippen molar-refractivity contribution in [3.8, 4) is 11.3 Å². The number of nitrogens with zero attached hydrogens (tertiary/aromatic N) is 2. The van der Waals surface area contributed by atoms with Crippen molar-refractivity contribution in [2.24, 2.45) is 5.92 Å². The minimum absolute atomic E-state index is 0.262. The quantitative estimate of drug-likeness (QED) is 0.870. The minimum atomic E-state index is -0.262. The monoisotopic (exact) mass is 315 g/mol. The lowest BCUT2D eigenvalue weighted by atomic mass is 10.1. The molecule has 0 aliphatic rings. The van der Waals surface area contributed by atoms with Crippen LogP contribution in [0, 0.1) is 11.7 Å². The van der Waals surface area contributed by atoms with Crippen molar-refractivity contribution in [3.63, 3.8) is 0 Å². The third kappa shape index (κ3) is 4.52. The molecule has 1 atom stereocenters. The Hall–Kier alpha value is -1.94. The van der Waals surface area contributed by atoms with E-state index in [0.717, 1.165) is 16.9 Å². The molecule has 124 valence electrons. The summed E-state index contributed by atoms with van der Waals surface area (Å²) in [7, 11) is 4.01. The van der Waals surface area contributed by atoms with Crippen molar-refractivity contribution in [2.75, 3.05) is 19.0 Å². The van der Waals surface area contributed by atoms with E-state index in [1.807, 2.05) is 43.3 Å². The molecule has 0 bridgehead atoms. The van der Waals surface area contributed by atoms with Gasteiger partial charge in [0.05, 0.1) is 11.4 Å². The van der Waals surface area contributed by atoms with Crippen LogP contribution in [0.25, 0.3) is 11.3 Å². The Labute approximate surface area is 138 Å². The Morgan fingerprint density at radius 2 is 1.70 bits per heavy atom. The number of pyridine rings is 1. The topological polar surface area (TPSA) is 28.2 Å². The molecule has 0 saturated heterocycles. The molecule has 3 nitrogen and oxygen atoms in total. The molecule has 0 spiro atoms. The molecule has 2 rings (SSSR count). The summed E-state index contributed by atoms with van der Waals surface area (Å²) >= 11 is 0. The van der Waals surface area contributed by atoms with Crippen LogP contribution in [0.15, 0.2) is 36.4 Å². The average molecular weight is 315 g/mol. The van der Waals surface area contributed by atoms with Crippen LogP contribution in [-0.4, -0.2) is 25.1 Å². The molecule has 4 heteroatoms. The standard InChI is InChI=1S/C19H26FN3/c1-13(2)14(3)21-12-19-17(20)10-11-18(22-19)15-6-8-16(9-7-15)23(4)5/h6-11,13-14,21H,12H2,1-5H3/t14-/m1/s1. The zero-order valence-electron chi connectivity index (χ0n) is 14.6. The van der Waals surface area contributed by atoms with Crippen LogP contribution in [0.4, 0.5) is 10.1 Å². The minimum Gasteiger partial charge on any atom is -0.378 e. The molecule has 0 aliphatic carbocycles. The van der Waals surface area contributed by atoms with Gasteiger partial charge in [0, 0.05) is 37.9 Å². The van der Waals surface area contributed by atoms with E-state index in [9.17, 15) is 4.39 Å². The van der Waals surface area contributed by atoms with Crippen molar-refractivity contribution in [1.29, 1.82) is 0 Å². The van der Waals surface area contributed by atoms with Gasteiger partial charge >= 0.3 is 0 Å². The van der Waals surface area contributed by atoms with E-state index in [1.165, 1.54) is 6.07 Å². The maximum Gasteiger partial charge on any atom is 0.146 e. The summed E-state index contributed by atoms with van der Waals surface area (Å²) in [6.07, 6.45) is 0.